The van der Waals surface area contributed by atoms with Crippen LogP contribution >= 0.6 is 11.8 Å². The Labute approximate surface area is 118 Å². The molecule has 1 aliphatic carbocycles. The van der Waals surface area contributed by atoms with Crippen LogP contribution in [0.15, 0.2) is 0 Å². The molecular formula is C12H16F3NO3S. The highest BCUT2D eigenvalue weighted by molar-refractivity contribution is 7.99. The third-order valence-electron chi connectivity index (χ3n) is 3.95. The van der Waals surface area contributed by atoms with E-state index in [1.165, 1.54) is 11.8 Å². The summed E-state index contributed by atoms with van der Waals surface area (Å²) >= 11 is 1.26. The number of carboxylic acids is 1. The summed E-state index contributed by atoms with van der Waals surface area (Å²) in [6, 6.07) is -0.997. The molecule has 0 aromatic rings. The number of thioether (sulfide) groups is 1. The number of alkyl halides is 3. The quantitative estimate of drug-likeness (QED) is 0.850. The lowest BCUT2D eigenvalue weighted by molar-refractivity contribution is -0.201. The highest BCUT2D eigenvalue weighted by atomic mass is 32.2. The van der Waals surface area contributed by atoms with Crippen LogP contribution in [0.25, 0.3) is 0 Å². The first-order chi connectivity index (χ1) is 9.32. The van der Waals surface area contributed by atoms with E-state index in [9.17, 15) is 22.8 Å². The molecule has 1 saturated carbocycles. The molecule has 2 aliphatic rings. The van der Waals surface area contributed by atoms with E-state index in [0.717, 1.165) is 4.90 Å². The van der Waals surface area contributed by atoms with Gasteiger partial charge in [-0.25, -0.2) is 4.79 Å². The molecule has 0 bridgehead atoms. The van der Waals surface area contributed by atoms with Gasteiger partial charge in [-0.2, -0.15) is 13.2 Å². The molecule has 4 nitrogen and oxygen atoms in total. The van der Waals surface area contributed by atoms with Crippen molar-refractivity contribution in [2.45, 2.75) is 37.9 Å². The Balaban J connectivity index is 2.15. The van der Waals surface area contributed by atoms with E-state index >= 15 is 0 Å². The monoisotopic (exact) mass is 311 g/mol. The van der Waals surface area contributed by atoms with Crippen molar-refractivity contribution in [3.63, 3.8) is 0 Å². The van der Waals surface area contributed by atoms with E-state index in [-0.39, 0.29) is 24.5 Å². The topological polar surface area (TPSA) is 57.6 Å². The fourth-order valence-corrected chi connectivity index (χ4v) is 4.05. The van der Waals surface area contributed by atoms with Crippen molar-refractivity contribution < 1.29 is 27.9 Å². The Morgan fingerprint density at radius 3 is 2.45 bits per heavy atom. The summed E-state index contributed by atoms with van der Waals surface area (Å²) in [6.07, 6.45) is -3.20. The molecule has 8 heteroatoms. The average Bonchev–Trinajstić information content (AvgIpc) is 2.86. The molecule has 0 radical (unpaired) electrons. The number of nitrogens with zero attached hydrogens (tertiary/aromatic N) is 1. The maximum Gasteiger partial charge on any atom is 0.392 e. The van der Waals surface area contributed by atoms with Gasteiger partial charge in [-0.1, -0.05) is 12.8 Å². The van der Waals surface area contributed by atoms with E-state index in [1.807, 2.05) is 0 Å². The molecule has 2 fully saturated rings. The second-order valence-corrected chi connectivity index (χ2v) is 6.20. The standard InChI is InChI=1S/C12H16F3NO3S/c13-12(14,15)8-4-2-1-3-7(8)10(17)16-6-20-5-9(16)11(18)19/h7-9H,1-6H2,(H,18,19)/t7?,8?,9-/m0/s1. The van der Waals surface area contributed by atoms with E-state index < -0.39 is 35.9 Å². The zero-order chi connectivity index (χ0) is 14.9. The largest absolute Gasteiger partial charge is 0.480 e. The highest BCUT2D eigenvalue weighted by Gasteiger charge is 2.50. The van der Waals surface area contributed by atoms with Crippen molar-refractivity contribution >= 4 is 23.6 Å². The zero-order valence-electron chi connectivity index (χ0n) is 10.7. The van der Waals surface area contributed by atoms with Gasteiger partial charge in [-0.3, -0.25) is 4.79 Å². The van der Waals surface area contributed by atoms with Crippen molar-refractivity contribution in [3.8, 4) is 0 Å². The number of halogens is 3. The molecule has 0 spiro atoms. The summed E-state index contributed by atoms with van der Waals surface area (Å²) in [7, 11) is 0. The third kappa shape index (κ3) is 3.05. The summed E-state index contributed by atoms with van der Waals surface area (Å²) in [5.41, 5.74) is 0. The maximum absolute atomic E-state index is 13.0. The molecule has 20 heavy (non-hydrogen) atoms. The van der Waals surface area contributed by atoms with Crippen molar-refractivity contribution in [1.29, 1.82) is 0 Å². The van der Waals surface area contributed by atoms with Gasteiger partial charge in [-0.15, -0.1) is 11.8 Å². The minimum Gasteiger partial charge on any atom is -0.480 e. The number of amides is 1. The fraction of sp³-hybridized carbons (Fsp3) is 0.833. The van der Waals surface area contributed by atoms with Gasteiger partial charge in [0.2, 0.25) is 5.91 Å². The van der Waals surface area contributed by atoms with Gasteiger partial charge in [0.1, 0.15) is 6.04 Å². The minimum atomic E-state index is -4.40. The molecule has 0 aromatic heterocycles. The lowest BCUT2D eigenvalue weighted by Crippen LogP contribution is -2.48. The molecule has 114 valence electrons. The molecule has 1 saturated heterocycles. The predicted octanol–water partition coefficient (Wildman–Crippen LogP) is 2.34. The van der Waals surface area contributed by atoms with Crippen LogP contribution in [-0.4, -0.2) is 45.7 Å². The van der Waals surface area contributed by atoms with E-state index in [4.69, 9.17) is 5.11 Å². The number of rotatable bonds is 2. The van der Waals surface area contributed by atoms with Crippen molar-refractivity contribution in [2.75, 3.05) is 11.6 Å². The lowest BCUT2D eigenvalue weighted by Gasteiger charge is -2.35. The number of hydrogen-bond acceptors (Lipinski definition) is 3. The zero-order valence-corrected chi connectivity index (χ0v) is 11.5. The number of carboxylic acid groups (broad SMARTS) is 1. The summed E-state index contributed by atoms with van der Waals surface area (Å²) in [5, 5.41) is 9.03. The molecule has 1 heterocycles. The van der Waals surface area contributed by atoms with E-state index in [0.29, 0.717) is 12.8 Å². The summed E-state index contributed by atoms with van der Waals surface area (Å²) < 4.78 is 39.0. The smallest absolute Gasteiger partial charge is 0.392 e. The van der Waals surface area contributed by atoms with Gasteiger partial charge in [0.05, 0.1) is 11.8 Å². The lowest BCUT2D eigenvalue weighted by atomic mass is 9.78. The van der Waals surface area contributed by atoms with Gasteiger partial charge in [0.15, 0.2) is 0 Å². The molecule has 3 atom stereocenters. The molecule has 1 aliphatic heterocycles. The first-order valence-corrected chi connectivity index (χ1v) is 7.65. The second-order valence-electron chi connectivity index (χ2n) is 5.20. The van der Waals surface area contributed by atoms with Gasteiger partial charge in [0, 0.05) is 11.7 Å². The van der Waals surface area contributed by atoms with Gasteiger partial charge < -0.3 is 10.0 Å². The summed E-state index contributed by atoms with van der Waals surface area (Å²) in [4.78, 5) is 24.5. The van der Waals surface area contributed by atoms with Crippen LogP contribution < -0.4 is 0 Å². The van der Waals surface area contributed by atoms with Crippen molar-refractivity contribution in [2.24, 2.45) is 11.8 Å². The highest BCUT2D eigenvalue weighted by Crippen LogP contribution is 2.43. The van der Waals surface area contributed by atoms with Crippen LogP contribution in [0.3, 0.4) is 0 Å². The molecule has 0 aromatic carbocycles. The number of hydrogen-bond donors (Lipinski definition) is 1. The molecule has 1 amide bonds. The average molecular weight is 311 g/mol. The Bertz CT molecular complexity index is 402. The van der Waals surface area contributed by atoms with Crippen LogP contribution in [0.4, 0.5) is 13.2 Å². The SMILES string of the molecule is O=C(O)[C@@H]1CSCN1C(=O)C1CCCCC1C(F)(F)F. The summed E-state index contributed by atoms with van der Waals surface area (Å²) in [6.45, 7) is 0. The second kappa shape index (κ2) is 5.83. The van der Waals surface area contributed by atoms with Gasteiger partial charge in [0.25, 0.3) is 0 Å². The van der Waals surface area contributed by atoms with Crippen LogP contribution in [0.2, 0.25) is 0 Å². The van der Waals surface area contributed by atoms with Crippen LogP contribution in [0.1, 0.15) is 25.7 Å². The van der Waals surface area contributed by atoms with Gasteiger partial charge in [-0.05, 0) is 12.8 Å². The fourth-order valence-electron chi connectivity index (χ4n) is 2.90. The first kappa shape index (κ1) is 15.5. The Morgan fingerprint density at radius 1 is 1.20 bits per heavy atom. The Morgan fingerprint density at radius 2 is 1.85 bits per heavy atom. The van der Waals surface area contributed by atoms with Crippen molar-refractivity contribution in [3.05, 3.63) is 0 Å². The normalized spacial score (nSPS) is 31.4. The van der Waals surface area contributed by atoms with Crippen molar-refractivity contribution in [1.82, 2.24) is 4.90 Å². The van der Waals surface area contributed by atoms with Crippen LogP contribution in [0.5, 0.6) is 0 Å². The minimum absolute atomic E-state index is 0.0430. The summed E-state index contributed by atoms with van der Waals surface area (Å²) in [5.74, 6) is -4.15. The first-order valence-electron chi connectivity index (χ1n) is 6.50. The molecule has 2 rings (SSSR count). The van der Waals surface area contributed by atoms with E-state index in [1.54, 1.807) is 0 Å². The molecular weight excluding hydrogens is 295 g/mol. The molecule has 1 N–H and O–H groups in total. The maximum atomic E-state index is 13.0. The van der Waals surface area contributed by atoms with Crippen LogP contribution in [0, 0.1) is 11.8 Å². The number of carbonyl (C=O) groups excluding carboxylic acids is 1. The van der Waals surface area contributed by atoms with Crippen LogP contribution in [-0.2, 0) is 9.59 Å². The Kier molecular flexibility index (Phi) is 4.51. The van der Waals surface area contributed by atoms with E-state index in [2.05, 4.69) is 0 Å². The third-order valence-corrected chi connectivity index (χ3v) is 4.97. The Hall–Kier alpha value is -0.920. The molecule has 2 unspecified atom stereocenters. The predicted molar refractivity (Wildman–Crippen MR) is 67.1 cm³/mol. The van der Waals surface area contributed by atoms with Gasteiger partial charge >= 0.3 is 12.1 Å². The number of aliphatic carboxylic acids is 1. The number of carbonyl (C=O) groups is 2.